The highest BCUT2D eigenvalue weighted by Gasteiger charge is 2.17. The van der Waals surface area contributed by atoms with E-state index in [1.54, 1.807) is 7.11 Å². The standard InChI is InChI=1S/C18H24ClN3O2S/c1-12-17(13(2)22(21-12)9-10-24-4)11-20-18(23)14(3)25-16-7-5-15(19)6-8-16/h5-8,14H,9-11H2,1-4H3,(H,20,23). The highest BCUT2D eigenvalue weighted by Crippen LogP contribution is 2.25. The van der Waals surface area contributed by atoms with Gasteiger partial charge in [-0.05, 0) is 45.0 Å². The molecule has 1 unspecified atom stereocenters. The van der Waals surface area contributed by atoms with Crippen LogP contribution in [0.15, 0.2) is 29.2 Å². The maximum absolute atomic E-state index is 12.4. The molecular formula is C18H24ClN3O2S. The lowest BCUT2D eigenvalue weighted by atomic mass is 10.2. The lowest BCUT2D eigenvalue weighted by molar-refractivity contribution is -0.120. The molecule has 0 spiro atoms. The van der Waals surface area contributed by atoms with E-state index in [9.17, 15) is 4.79 Å². The number of carbonyl (C=O) groups is 1. The Kier molecular flexibility index (Phi) is 7.35. The number of rotatable bonds is 8. The summed E-state index contributed by atoms with van der Waals surface area (Å²) in [7, 11) is 1.67. The number of thioether (sulfide) groups is 1. The first-order valence-electron chi connectivity index (χ1n) is 8.14. The number of benzene rings is 1. The molecule has 136 valence electrons. The van der Waals surface area contributed by atoms with E-state index >= 15 is 0 Å². The highest BCUT2D eigenvalue weighted by molar-refractivity contribution is 8.00. The van der Waals surface area contributed by atoms with Crippen LogP contribution in [-0.2, 0) is 22.6 Å². The fourth-order valence-electron chi connectivity index (χ4n) is 2.48. The van der Waals surface area contributed by atoms with Crippen molar-refractivity contribution in [1.29, 1.82) is 0 Å². The van der Waals surface area contributed by atoms with Crippen LogP contribution in [0.5, 0.6) is 0 Å². The number of nitrogens with zero attached hydrogens (tertiary/aromatic N) is 2. The van der Waals surface area contributed by atoms with E-state index in [1.165, 1.54) is 11.8 Å². The Labute approximate surface area is 158 Å². The van der Waals surface area contributed by atoms with E-state index in [2.05, 4.69) is 10.4 Å². The topological polar surface area (TPSA) is 56.1 Å². The predicted molar refractivity (Wildman–Crippen MR) is 102 cm³/mol. The van der Waals surface area contributed by atoms with Gasteiger partial charge in [0.1, 0.15) is 0 Å². The first-order chi connectivity index (χ1) is 11.9. The van der Waals surface area contributed by atoms with Crippen LogP contribution < -0.4 is 5.32 Å². The molecule has 7 heteroatoms. The number of amides is 1. The fraction of sp³-hybridized carbons (Fsp3) is 0.444. The quantitative estimate of drug-likeness (QED) is 0.710. The summed E-state index contributed by atoms with van der Waals surface area (Å²) in [5.74, 6) is 0.00314. The van der Waals surface area contributed by atoms with E-state index in [1.807, 2.05) is 49.7 Å². The number of carbonyl (C=O) groups excluding carboxylic acids is 1. The molecule has 0 saturated heterocycles. The van der Waals surface area contributed by atoms with Crippen molar-refractivity contribution in [2.24, 2.45) is 0 Å². The number of aromatic nitrogens is 2. The third-order valence-corrected chi connectivity index (χ3v) is 5.34. The van der Waals surface area contributed by atoms with Crippen molar-refractivity contribution < 1.29 is 9.53 Å². The minimum absolute atomic E-state index is 0.00314. The van der Waals surface area contributed by atoms with Crippen LogP contribution in [0.3, 0.4) is 0 Å². The van der Waals surface area contributed by atoms with Crippen LogP contribution in [0, 0.1) is 13.8 Å². The van der Waals surface area contributed by atoms with Gasteiger partial charge in [0.2, 0.25) is 5.91 Å². The Morgan fingerprint density at radius 1 is 1.36 bits per heavy atom. The van der Waals surface area contributed by atoms with Crippen molar-refractivity contribution >= 4 is 29.3 Å². The zero-order valence-corrected chi connectivity index (χ0v) is 16.6. The van der Waals surface area contributed by atoms with E-state index in [0.717, 1.165) is 21.8 Å². The molecule has 1 aromatic carbocycles. The van der Waals surface area contributed by atoms with Gasteiger partial charge in [0.15, 0.2) is 0 Å². The van der Waals surface area contributed by atoms with E-state index in [4.69, 9.17) is 16.3 Å². The number of aryl methyl sites for hydroxylation is 1. The third-order valence-electron chi connectivity index (χ3n) is 3.97. The van der Waals surface area contributed by atoms with Crippen molar-refractivity contribution in [3.63, 3.8) is 0 Å². The highest BCUT2D eigenvalue weighted by atomic mass is 35.5. The zero-order valence-electron chi connectivity index (χ0n) is 15.0. The summed E-state index contributed by atoms with van der Waals surface area (Å²) < 4.78 is 7.02. The Morgan fingerprint density at radius 2 is 2.04 bits per heavy atom. The summed E-state index contributed by atoms with van der Waals surface area (Å²) in [6.45, 7) is 7.68. The van der Waals surface area contributed by atoms with Gasteiger partial charge in [0.05, 0.1) is 24.1 Å². The van der Waals surface area contributed by atoms with Gasteiger partial charge in [-0.3, -0.25) is 9.48 Å². The molecule has 0 radical (unpaired) electrons. The Hall–Kier alpha value is -1.50. The van der Waals surface area contributed by atoms with Crippen molar-refractivity contribution in [2.75, 3.05) is 13.7 Å². The molecule has 0 saturated carbocycles. The molecule has 0 aliphatic rings. The van der Waals surface area contributed by atoms with Crippen LogP contribution >= 0.6 is 23.4 Å². The molecule has 0 aliphatic heterocycles. The molecular weight excluding hydrogens is 358 g/mol. The van der Waals surface area contributed by atoms with Gasteiger partial charge in [0.25, 0.3) is 0 Å². The Bertz CT molecular complexity index is 716. The molecule has 5 nitrogen and oxygen atoms in total. The molecule has 1 atom stereocenters. The first-order valence-corrected chi connectivity index (χ1v) is 9.40. The zero-order chi connectivity index (χ0) is 18.4. The number of ether oxygens (including phenoxy) is 1. The number of methoxy groups -OCH3 is 1. The van der Waals surface area contributed by atoms with E-state index in [-0.39, 0.29) is 11.2 Å². The van der Waals surface area contributed by atoms with Crippen molar-refractivity contribution in [3.8, 4) is 0 Å². The molecule has 1 amide bonds. The fourth-order valence-corrected chi connectivity index (χ4v) is 3.49. The molecule has 25 heavy (non-hydrogen) atoms. The Balaban J connectivity index is 1.92. The molecule has 1 aromatic heterocycles. The summed E-state index contributed by atoms with van der Waals surface area (Å²) in [5, 5.41) is 8.03. The first kappa shape index (κ1) is 19.8. The Morgan fingerprint density at radius 3 is 2.68 bits per heavy atom. The number of hydrogen-bond acceptors (Lipinski definition) is 4. The molecule has 0 bridgehead atoms. The lowest BCUT2D eigenvalue weighted by Gasteiger charge is -2.12. The minimum atomic E-state index is -0.190. The number of hydrogen-bond donors (Lipinski definition) is 1. The second-order valence-corrected chi connectivity index (χ2v) is 7.65. The molecule has 2 aromatic rings. The van der Waals surface area contributed by atoms with E-state index in [0.29, 0.717) is 24.7 Å². The van der Waals surface area contributed by atoms with Gasteiger partial charge >= 0.3 is 0 Å². The van der Waals surface area contributed by atoms with E-state index < -0.39 is 0 Å². The van der Waals surface area contributed by atoms with Gasteiger partial charge in [-0.25, -0.2) is 0 Å². The van der Waals surface area contributed by atoms with Crippen molar-refractivity contribution in [3.05, 3.63) is 46.2 Å². The maximum atomic E-state index is 12.4. The molecule has 0 aliphatic carbocycles. The third kappa shape index (κ3) is 5.49. The number of halogens is 1. The SMILES string of the molecule is COCCn1nc(C)c(CNC(=O)C(C)Sc2ccc(Cl)cc2)c1C. The van der Waals surface area contributed by atoms with Crippen LogP contribution in [0.25, 0.3) is 0 Å². The minimum Gasteiger partial charge on any atom is -0.383 e. The summed E-state index contributed by atoms with van der Waals surface area (Å²) in [4.78, 5) is 13.4. The van der Waals surface area contributed by atoms with Gasteiger partial charge in [0, 0.05) is 34.8 Å². The van der Waals surface area contributed by atoms with Gasteiger partial charge < -0.3 is 10.1 Å². The van der Waals surface area contributed by atoms with Crippen molar-refractivity contribution in [1.82, 2.24) is 15.1 Å². The second-order valence-electron chi connectivity index (χ2n) is 5.80. The van der Waals surface area contributed by atoms with Crippen LogP contribution in [0.4, 0.5) is 0 Å². The molecule has 2 rings (SSSR count). The predicted octanol–water partition coefficient (Wildman–Crippen LogP) is 3.60. The smallest absolute Gasteiger partial charge is 0.233 e. The summed E-state index contributed by atoms with van der Waals surface area (Å²) >= 11 is 7.40. The molecule has 1 N–H and O–H groups in total. The van der Waals surface area contributed by atoms with Gasteiger partial charge in [-0.15, -0.1) is 11.8 Å². The normalized spacial score (nSPS) is 12.2. The average Bonchev–Trinajstić information content (AvgIpc) is 2.86. The molecule has 1 heterocycles. The summed E-state index contributed by atoms with van der Waals surface area (Å²) in [5.41, 5.74) is 3.06. The van der Waals surface area contributed by atoms with Crippen LogP contribution in [-0.4, -0.2) is 34.7 Å². The van der Waals surface area contributed by atoms with Gasteiger partial charge in [-0.1, -0.05) is 11.6 Å². The van der Waals surface area contributed by atoms with Crippen LogP contribution in [0.1, 0.15) is 23.9 Å². The van der Waals surface area contributed by atoms with Crippen molar-refractivity contribution in [2.45, 2.75) is 44.0 Å². The average molecular weight is 382 g/mol. The molecule has 0 fully saturated rings. The number of nitrogens with one attached hydrogen (secondary N) is 1. The van der Waals surface area contributed by atoms with Crippen LogP contribution in [0.2, 0.25) is 5.02 Å². The largest absolute Gasteiger partial charge is 0.383 e. The maximum Gasteiger partial charge on any atom is 0.233 e. The van der Waals surface area contributed by atoms with Gasteiger partial charge in [-0.2, -0.15) is 5.10 Å². The summed E-state index contributed by atoms with van der Waals surface area (Å²) in [6, 6.07) is 7.50. The second kappa shape index (κ2) is 9.27. The monoisotopic (exact) mass is 381 g/mol. The summed E-state index contributed by atoms with van der Waals surface area (Å²) in [6.07, 6.45) is 0. The lowest BCUT2D eigenvalue weighted by Crippen LogP contribution is -2.30.